The molecule has 0 aliphatic carbocycles. The van der Waals surface area contributed by atoms with Crippen LogP contribution in [0.2, 0.25) is 0 Å². The van der Waals surface area contributed by atoms with E-state index in [2.05, 4.69) is 15.8 Å². The molecule has 2 saturated heterocycles. The van der Waals surface area contributed by atoms with Crippen molar-refractivity contribution in [1.82, 2.24) is 15.4 Å². The van der Waals surface area contributed by atoms with Crippen LogP contribution in [0, 0.1) is 18.8 Å². The van der Waals surface area contributed by atoms with Crippen molar-refractivity contribution in [3.8, 4) is 0 Å². The fourth-order valence-electron chi connectivity index (χ4n) is 4.77. The Balaban J connectivity index is 1.66. The van der Waals surface area contributed by atoms with Gasteiger partial charge in [0.1, 0.15) is 17.4 Å². The lowest BCUT2D eigenvalue weighted by molar-refractivity contribution is -0.142. The number of rotatable bonds is 6. The number of carbonyl (C=O) groups is 3. The molecule has 3 aliphatic heterocycles. The molecule has 168 valence electrons. The summed E-state index contributed by atoms with van der Waals surface area (Å²) in [6.07, 6.45) is 2.93. The second kappa shape index (κ2) is 7.45. The van der Waals surface area contributed by atoms with Gasteiger partial charge in [-0.05, 0) is 27.7 Å². The van der Waals surface area contributed by atoms with Crippen LogP contribution in [0.15, 0.2) is 22.7 Å². The number of anilines is 1. The lowest BCUT2D eigenvalue weighted by Gasteiger charge is -2.34. The minimum Gasteiger partial charge on any atom is -0.383 e. The Kier molecular flexibility index (Phi) is 5.17. The highest BCUT2D eigenvalue weighted by Gasteiger charge is 2.72. The van der Waals surface area contributed by atoms with Gasteiger partial charge in [-0.3, -0.25) is 14.4 Å². The molecule has 2 N–H and O–H groups in total. The highest BCUT2D eigenvalue weighted by Crippen LogP contribution is 2.55. The topological polar surface area (TPSA) is 123 Å². The SMILES string of the molecule is COCCN1C(=O)[C@@H]2[C@@H](C(=O)Nc3cc(C)on3)[C@H]3C=C[C@@]2(O3)[C@H]1C(=O)NC(C)(C)C. The number of hydrogen-bond donors (Lipinski definition) is 2. The largest absolute Gasteiger partial charge is 0.383 e. The molecule has 0 unspecified atom stereocenters. The first kappa shape index (κ1) is 21.5. The molecule has 10 nitrogen and oxygen atoms in total. The normalized spacial score (nSPS) is 31.3. The van der Waals surface area contributed by atoms with Crippen molar-refractivity contribution >= 4 is 23.5 Å². The minimum absolute atomic E-state index is 0.217. The molecular formula is C21H28N4O6. The van der Waals surface area contributed by atoms with Gasteiger partial charge in [-0.15, -0.1) is 0 Å². The van der Waals surface area contributed by atoms with Crippen LogP contribution in [0.3, 0.4) is 0 Å². The molecule has 5 atom stereocenters. The van der Waals surface area contributed by atoms with Crippen molar-refractivity contribution in [3.63, 3.8) is 0 Å². The maximum absolute atomic E-state index is 13.5. The van der Waals surface area contributed by atoms with Crippen LogP contribution in [0.5, 0.6) is 0 Å². The Bertz CT molecular complexity index is 935. The van der Waals surface area contributed by atoms with Crippen LogP contribution in [-0.2, 0) is 23.9 Å². The molecule has 4 rings (SSSR count). The van der Waals surface area contributed by atoms with E-state index >= 15 is 0 Å². The summed E-state index contributed by atoms with van der Waals surface area (Å²) in [4.78, 5) is 41.4. The summed E-state index contributed by atoms with van der Waals surface area (Å²) in [6.45, 7) is 7.80. The molecule has 4 heterocycles. The van der Waals surface area contributed by atoms with Crippen molar-refractivity contribution in [2.24, 2.45) is 11.8 Å². The smallest absolute Gasteiger partial charge is 0.246 e. The quantitative estimate of drug-likeness (QED) is 0.632. The number of fused-ring (bicyclic) bond motifs is 1. The van der Waals surface area contributed by atoms with E-state index in [9.17, 15) is 14.4 Å². The van der Waals surface area contributed by atoms with Gasteiger partial charge in [-0.2, -0.15) is 0 Å². The first-order valence-electron chi connectivity index (χ1n) is 10.3. The molecule has 1 spiro atoms. The van der Waals surface area contributed by atoms with Crippen LogP contribution in [0.1, 0.15) is 26.5 Å². The van der Waals surface area contributed by atoms with E-state index in [-0.39, 0.29) is 30.8 Å². The zero-order chi connectivity index (χ0) is 22.6. The number of aryl methyl sites for hydroxylation is 1. The third-order valence-corrected chi connectivity index (χ3v) is 5.84. The van der Waals surface area contributed by atoms with Gasteiger partial charge in [0.2, 0.25) is 17.7 Å². The molecule has 2 fully saturated rings. The number of aromatic nitrogens is 1. The number of hydrogen-bond acceptors (Lipinski definition) is 7. The first-order valence-corrected chi connectivity index (χ1v) is 10.3. The molecule has 31 heavy (non-hydrogen) atoms. The minimum atomic E-state index is -1.20. The predicted octanol–water partition coefficient (Wildman–Crippen LogP) is 0.633. The average Bonchev–Trinajstić information content (AvgIpc) is 3.39. The van der Waals surface area contributed by atoms with Gasteiger partial charge in [-0.1, -0.05) is 17.3 Å². The van der Waals surface area contributed by atoms with Crippen molar-refractivity contribution in [2.45, 2.75) is 51.0 Å². The molecule has 3 aliphatic rings. The number of nitrogens with one attached hydrogen (secondary N) is 2. The molecule has 0 saturated carbocycles. The Labute approximate surface area is 180 Å². The number of nitrogens with zero attached hydrogens (tertiary/aromatic N) is 2. The van der Waals surface area contributed by atoms with E-state index in [1.807, 2.05) is 20.8 Å². The van der Waals surface area contributed by atoms with E-state index in [1.54, 1.807) is 25.1 Å². The highest BCUT2D eigenvalue weighted by atomic mass is 16.5. The number of amides is 3. The third-order valence-electron chi connectivity index (χ3n) is 5.84. The average molecular weight is 432 g/mol. The standard InChI is InChI=1S/C21H28N4O6/c1-11-10-13(24-31-11)22-17(26)14-12-6-7-21(30-12)15(14)19(28)25(8-9-29-5)16(21)18(27)23-20(2,3)4/h6-7,10,12,14-16H,8-9H2,1-5H3,(H,23,27)(H,22,24,26)/t12-,14+,15+,16-,21+/m1/s1. The van der Waals surface area contributed by atoms with Crippen molar-refractivity contribution in [2.75, 3.05) is 25.6 Å². The van der Waals surface area contributed by atoms with E-state index < -0.39 is 41.0 Å². The highest BCUT2D eigenvalue weighted by molar-refractivity contribution is 6.02. The molecule has 0 aromatic carbocycles. The van der Waals surface area contributed by atoms with Crippen molar-refractivity contribution in [1.29, 1.82) is 0 Å². The summed E-state index contributed by atoms with van der Waals surface area (Å²) < 4.78 is 16.4. The summed E-state index contributed by atoms with van der Waals surface area (Å²) in [7, 11) is 1.53. The summed E-state index contributed by atoms with van der Waals surface area (Å²) in [6, 6.07) is 0.700. The van der Waals surface area contributed by atoms with E-state index in [4.69, 9.17) is 14.0 Å². The van der Waals surface area contributed by atoms with Gasteiger partial charge in [0.05, 0.1) is 24.5 Å². The predicted molar refractivity (Wildman–Crippen MR) is 109 cm³/mol. The maximum atomic E-state index is 13.5. The summed E-state index contributed by atoms with van der Waals surface area (Å²) in [5.74, 6) is -1.79. The monoisotopic (exact) mass is 432 g/mol. The maximum Gasteiger partial charge on any atom is 0.246 e. The van der Waals surface area contributed by atoms with Crippen LogP contribution in [-0.4, -0.2) is 71.3 Å². The molecule has 3 amide bonds. The Hall–Kier alpha value is -2.72. The van der Waals surface area contributed by atoms with Crippen LogP contribution in [0.25, 0.3) is 0 Å². The Morgan fingerprint density at radius 3 is 2.68 bits per heavy atom. The summed E-state index contributed by atoms with van der Waals surface area (Å²) >= 11 is 0. The van der Waals surface area contributed by atoms with E-state index in [1.165, 1.54) is 12.0 Å². The number of methoxy groups -OCH3 is 1. The fourth-order valence-corrected chi connectivity index (χ4v) is 4.77. The Morgan fingerprint density at radius 2 is 2.06 bits per heavy atom. The van der Waals surface area contributed by atoms with E-state index in [0.29, 0.717) is 5.76 Å². The molecule has 10 heteroatoms. The third kappa shape index (κ3) is 3.53. The van der Waals surface area contributed by atoms with Gasteiger partial charge >= 0.3 is 0 Å². The van der Waals surface area contributed by atoms with Gasteiger partial charge in [0.25, 0.3) is 0 Å². The van der Waals surface area contributed by atoms with Crippen LogP contribution >= 0.6 is 0 Å². The van der Waals surface area contributed by atoms with Crippen molar-refractivity contribution in [3.05, 3.63) is 24.0 Å². The molecule has 2 bridgehead atoms. The summed E-state index contributed by atoms with van der Waals surface area (Å²) in [5, 5.41) is 9.45. The molecular weight excluding hydrogens is 404 g/mol. The fraction of sp³-hybridized carbons (Fsp3) is 0.619. The second-order valence-corrected chi connectivity index (χ2v) is 9.28. The lowest BCUT2D eigenvalue weighted by atomic mass is 9.74. The van der Waals surface area contributed by atoms with Gasteiger partial charge in [-0.25, -0.2) is 0 Å². The summed E-state index contributed by atoms with van der Waals surface area (Å²) in [5.41, 5.74) is -1.70. The molecule has 1 aromatic rings. The van der Waals surface area contributed by atoms with E-state index in [0.717, 1.165) is 0 Å². The van der Waals surface area contributed by atoms with Gasteiger partial charge in [0, 0.05) is 25.3 Å². The van der Waals surface area contributed by atoms with Crippen molar-refractivity contribution < 1.29 is 28.4 Å². The first-order chi connectivity index (χ1) is 14.6. The zero-order valence-electron chi connectivity index (χ0n) is 18.3. The molecule has 0 radical (unpaired) electrons. The Morgan fingerprint density at radius 1 is 1.32 bits per heavy atom. The second-order valence-electron chi connectivity index (χ2n) is 9.28. The zero-order valence-corrected chi connectivity index (χ0v) is 18.3. The van der Waals surface area contributed by atoms with Gasteiger partial charge < -0.3 is 29.5 Å². The van der Waals surface area contributed by atoms with Gasteiger partial charge in [0.15, 0.2) is 5.82 Å². The molecule has 1 aromatic heterocycles. The number of ether oxygens (including phenoxy) is 2. The van der Waals surface area contributed by atoms with Crippen LogP contribution in [0.4, 0.5) is 5.82 Å². The lowest BCUT2D eigenvalue weighted by Crippen LogP contribution is -2.58. The number of carbonyl (C=O) groups excluding carboxylic acids is 3. The number of likely N-dealkylation sites (tertiary alicyclic amines) is 1. The van der Waals surface area contributed by atoms with Crippen LogP contribution < -0.4 is 10.6 Å².